The summed E-state index contributed by atoms with van der Waals surface area (Å²) in [5.74, 6) is 0. The summed E-state index contributed by atoms with van der Waals surface area (Å²) in [6.45, 7) is 3.14. The lowest BCUT2D eigenvalue weighted by Gasteiger charge is -2.36. The van der Waals surface area contributed by atoms with Gasteiger partial charge in [0.25, 0.3) is 0 Å². The maximum atomic E-state index is 11.3. The maximum absolute atomic E-state index is 11.3. The van der Waals surface area contributed by atoms with Crippen LogP contribution in [-0.4, -0.2) is 176 Å². The van der Waals surface area contributed by atoms with E-state index in [-0.39, 0.29) is 6.61 Å². The van der Waals surface area contributed by atoms with E-state index in [1.165, 1.54) is 34.8 Å². The minimum Gasteiger partial charge on any atom is -0.394 e. The normalized spacial score (nSPS) is 54.7. The molecule has 4 saturated heterocycles. The van der Waals surface area contributed by atoms with Gasteiger partial charge < -0.3 is 83.9 Å². The molecule has 246 valence electrons. The van der Waals surface area contributed by atoms with E-state index in [9.17, 15) is 46.0 Å². The Labute approximate surface area is 242 Å². The first-order valence-electron chi connectivity index (χ1n) is 13.6. The predicted molar refractivity (Wildman–Crippen MR) is 133 cm³/mol. The lowest BCUT2D eigenvalue weighted by atomic mass is 9.93. The fourth-order valence-electron chi connectivity index (χ4n) is 5.52. The molecular formula is C25H44O17. The van der Waals surface area contributed by atoms with Crippen molar-refractivity contribution in [3.8, 4) is 0 Å². The Morgan fingerprint density at radius 3 is 1.40 bits per heavy atom. The topological polar surface area (TPSA) is 256 Å². The van der Waals surface area contributed by atoms with Crippen molar-refractivity contribution in [3.05, 3.63) is 0 Å². The summed E-state index contributed by atoms with van der Waals surface area (Å²) in [6.07, 6.45) is -16.5. The third-order valence-electron chi connectivity index (χ3n) is 8.96. The summed E-state index contributed by atoms with van der Waals surface area (Å²) >= 11 is 0. The van der Waals surface area contributed by atoms with E-state index in [0.29, 0.717) is 0 Å². The first kappa shape index (κ1) is 34.2. The molecule has 42 heavy (non-hydrogen) atoms. The van der Waals surface area contributed by atoms with Gasteiger partial charge in [0.2, 0.25) is 0 Å². The Bertz CT molecular complexity index is 917. The summed E-state index contributed by atoms with van der Waals surface area (Å²) in [7, 11) is 1.29. The molecule has 4 aliphatic heterocycles. The molecule has 0 radical (unpaired) electrons. The van der Waals surface area contributed by atoms with Crippen LogP contribution in [0.3, 0.4) is 0 Å². The van der Waals surface area contributed by atoms with Crippen LogP contribution in [0.15, 0.2) is 0 Å². The maximum Gasteiger partial charge on any atom is 0.187 e. The Kier molecular flexibility index (Phi) is 9.98. The molecule has 4 aliphatic rings. The second kappa shape index (κ2) is 12.3. The molecule has 0 aliphatic carbocycles. The minimum absolute atomic E-state index is 0.384. The van der Waals surface area contributed by atoms with Crippen LogP contribution in [0.5, 0.6) is 0 Å². The lowest BCUT2D eigenvalue weighted by molar-refractivity contribution is -0.261. The largest absolute Gasteiger partial charge is 0.394 e. The zero-order chi connectivity index (χ0) is 31.4. The molecule has 0 bridgehead atoms. The van der Waals surface area contributed by atoms with Gasteiger partial charge in [-0.05, 0) is 27.7 Å². The monoisotopic (exact) mass is 616 g/mol. The van der Waals surface area contributed by atoms with Gasteiger partial charge in [0.15, 0.2) is 25.2 Å². The van der Waals surface area contributed by atoms with Gasteiger partial charge in [-0.3, -0.25) is 0 Å². The van der Waals surface area contributed by atoms with Crippen molar-refractivity contribution < 1.29 is 83.9 Å². The van der Waals surface area contributed by atoms with Crippen LogP contribution in [0.1, 0.15) is 27.7 Å². The van der Waals surface area contributed by atoms with Gasteiger partial charge in [-0.15, -0.1) is 0 Å². The molecule has 17 nitrogen and oxygen atoms in total. The highest BCUT2D eigenvalue weighted by atomic mass is 16.8. The van der Waals surface area contributed by atoms with Crippen molar-refractivity contribution in [1.29, 1.82) is 0 Å². The summed E-state index contributed by atoms with van der Waals surface area (Å²) in [5.41, 5.74) is -7.32. The van der Waals surface area contributed by atoms with Crippen LogP contribution in [0.2, 0.25) is 0 Å². The summed E-state index contributed by atoms with van der Waals surface area (Å²) in [6, 6.07) is 0. The average Bonchev–Trinajstić information content (AvgIpc) is 3.48. The molecule has 0 amide bonds. The summed E-state index contributed by atoms with van der Waals surface area (Å²) in [5, 5.41) is 93.7. The van der Waals surface area contributed by atoms with Crippen LogP contribution in [0.25, 0.3) is 0 Å². The van der Waals surface area contributed by atoms with Crippen LogP contribution in [-0.2, 0) is 37.9 Å². The Hall–Kier alpha value is -0.680. The third kappa shape index (κ3) is 5.74. The highest BCUT2D eigenvalue weighted by molar-refractivity contribution is 5.05. The van der Waals surface area contributed by atoms with Gasteiger partial charge in [0, 0.05) is 7.11 Å². The van der Waals surface area contributed by atoms with E-state index in [1.54, 1.807) is 0 Å². The first-order chi connectivity index (χ1) is 19.5. The molecule has 4 heterocycles. The van der Waals surface area contributed by atoms with E-state index in [1.807, 2.05) is 0 Å². The highest BCUT2D eigenvalue weighted by Crippen LogP contribution is 2.42. The molecule has 0 spiro atoms. The number of hydrogen-bond donors (Lipinski definition) is 9. The van der Waals surface area contributed by atoms with Crippen LogP contribution in [0, 0.1) is 0 Å². The van der Waals surface area contributed by atoms with Gasteiger partial charge in [-0.1, -0.05) is 0 Å². The lowest BCUT2D eigenvalue weighted by Crippen LogP contribution is -2.55. The Morgan fingerprint density at radius 2 is 0.929 bits per heavy atom. The molecule has 4 rings (SSSR count). The molecule has 0 saturated carbocycles. The van der Waals surface area contributed by atoms with E-state index < -0.39 is 116 Å². The molecule has 17 heteroatoms. The van der Waals surface area contributed by atoms with E-state index in [2.05, 4.69) is 0 Å². The smallest absolute Gasteiger partial charge is 0.187 e. The second-order valence-electron chi connectivity index (χ2n) is 12.0. The van der Waals surface area contributed by atoms with Gasteiger partial charge in [-0.2, -0.15) is 0 Å². The van der Waals surface area contributed by atoms with Crippen molar-refractivity contribution in [1.82, 2.24) is 0 Å². The van der Waals surface area contributed by atoms with Crippen molar-refractivity contribution in [3.63, 3.8) is 0 Å². The Morgan fingerprint density at radius 1 is 0.548 bits per heavy atom. The van der Waals surface area contributed by atoms with Crippen molar-refractivity contribution in [2.75, 3.05) is 33.5 Å². The number of rotatable bonds is 11. The van der Waals surface area contributed by atoms with Gasteiger partial charge in [0.05, 0.1) is 26.4 Å². The fraction of sp³-hybridized carbons (Fsp3) is 1.00. The minimum atomic E-state index is -1.90. The fourth-order valence-corrected chi connectivity index (χ4v) is 5.52. The zero-order valence-corrected chi connectivity index (χ0v) is 24.0. The van der Waals surface area contributed by atoms with Crippen LogP contribution >= 0.6 is 0 Å². The molecular weight excluding hydrogens is 572 g/mol. The van der Waals surface area contributed by atoms with E-state index in [0.717, 1.165) is 0 Å². The highest BCUT2D eigenvalue weighted by Gasteiger charge is 2.62. The third-order valence-corrected chi connectivity index (χ3v) is 8.96. The van der Waals surface area contributed by atoms with Gasteiger partial charge in [0.1, 0.15) is 71.2 Å². The number of aliphatic hydroxyl groups is 9. The summed E-state index contributed by atoms with van der Waals surface area (Å²) < 4.78 is 44.7. The standard InChI is InChI=1S/C25H44O17/c1-22(32)10(6-26)38-19(15(22)29)37-9-13-25(4,42-21-16(30)23(2,33)11(7-27)39-21)17(31)20(41-13)36-8-12-24(3,34)14(28)18(35-5)40-12/h10-21,26-34H,6-9H2,1-5H3/t10-,11-,12-,13-,14?,15?,16?,17?,18+,19+,20+,21-,22-,23-,24-,25-/m1/s1. The number of aliphatic hydroxyl groups excluding tert-OH is 6. The molecule has 4 unspecified atom stereocenters. The molecule has 0 aromatic carbocycles. The molecule has 9 N–H and O–H groups in total. The van der Waals surface area contributed by atoms with Gasteiger partial charge in [-0.25, -0.2) is 0 Å². The number of ether oxygens (including phenoxy) is 8. The van der Waals surface area contributed by atoms with Crippen molar-refractivity contribution in [2.24, 2.45) is 0 Å². The van der Waals surface area contributed by atoms with Crippen LogP contribution in [0.4, 0.5) is 0 Å². The van der Waals surface area contributed by atoms with Crippen LogP contribution < -0.4 is 0 Å². The first-order valence-corrected chi connectivity index (χ1v) is 13.6. The van der Waals surface area contributed by atoms with Crippen molar-refractivity contribution in [2.45, 2.75) is 124 Å². The zero-order valence-electron chi connectivity index (χ0n) is 24.0. The number of hydrogen-bond acceptors (Lipinski definition) is 17. The second-order valence-corrected chi connectivity index (χ2v) is 12.0. The van der Waals surface area contributed by atoms with Gasteiger partial charge >= 0.3 is 0 Å². The molecule has 16 atom stereocenters. The SMILES string of the molecule is CO[C@H]1O[C@H](CO[C@H]2O[C@H](CO[C@H]3O[C@H](CO)[C@@](C)(O)C3O)[C@@](C)(O[C@H]3O[C@H](CO)[C@@](C)(O)C3O)C2O)[C@@](C)(O)C1O. The van der Waals surface area contributed by atoms with E-state index >= 15 is 0 Å². The number of methoxy groups -OCH3 is 1. The summed E-state index contributed by atoms with van der Waals surface area (Å²) in [4.78, 5) is 0. The predicted octanol–water partition coefficient (Wildman–Crippen LogP) is -4.98. The molecule has 0 aromatic rings. The molecule has 4 fully saturated rings. The Balaban J connectivity index is 1.51. The van der Waals surface area contributed by atoms with E-state index in [4.69, 9.17) is 37.9 Å². The molecule has 0 aromatic heterocycles. The average molecular weight is 617 g/mol. The quantitative estimate of drug-likeness (QED) is 0.105. The van der Waals surface area contributed by atoms with Crippen molar-refractivity contribution >= 4 is 0 Å².